The second-order valence-corrected chi connectivity index (χ2v) is 5.58. The van der Waals surface area contributed by atoms with Gasteiger partial charge in [-0.2, -0.15) is 0 Å². The summed E-state index contributed by atoms with van der Waals surface area (Å²) in [6, 6.07) is 1.27. The smallest absolute Gasteiger partial charge is 0.0168 e. The van der Waals surface area contributed by atoms with Crippen LogP contribution in [0.3, 0.4) is 0 Å². The van der Waals surface area contributed by atoms with E-state index in [-0.39, 0.29) is 0 Å². The molecule has 0 bridgehead atoms. The number of piperidine rings is 1. The van der Waals surface area contributed by atoms with Gasteiger partial charge in [-0.3, -0.25) is 4.90 Å². The van der Waals surface area contributed by atoms with Gasteiger partial charge in [0.1, 0.15) is 0 Å². The maximum absolute atomic E-state index is 6.07. The fourth-order valence-electron chi connectivity index (χ4n) is 3.36. The highest BCUT2D eigenvalue weighted by atomic mass is 15.2. The molecule has 0 amide bonds. The number of hydrogen-bond acceptors (Lipinski definition) is 2. The number of rotatable bonds is 1. The van der Waals surface area contributed by atoms with Crippen LogP contribution in [0, 0.1) is 5.92 Å². The Morgan fingerprint density at radius 2 is 1.80 bits per heavy atom. The Kier molecular flexibility index (Phi) is 4.04. The van der Waals surface area contributed by atoms with Crippen molar-refractivity contribution >= 4 is 0 Å². The Morgan fingerprint density at radius 3 is 2.60 bits per heavy atom. The van der Waals surface area contributed by atoms with Gasteiger partial charge in [-0.05, 0) is 38.1 Å². The Labute approximate surface area is 94.2 Å². The van der Waals surface area contributed by atoms with Crippen molar-refractivity contribution in [3.63, 3.8) is 0 Å². The van der Waals surface area contributed by atoms with Gasteiger partial charge in [0.15, 0.2) is 0 Å². The number of hydrogen-bond donors (Lipinski definition) is 1. The minimum absolute atomic E-state index is 0.439. The van der Waals surface area contributed by atoms with E-state index in [0.29, 0.717) is 6.04 Å². The highest BCUT2D eigenvalue weighted by molar-refractivity contribution is 4.84. The van der Waals surface area contributed by atoms with Crippen molar-refractivity contribution in [2.45, 2.75) is 64.0 Å². The summed E-state index contributed by atoms with van der Waals surface area (Å²) in [4.78, 5) is 2.68. The van der Waals surface area contributed by atoms with E-state index in [1.165, 1.54) is 51.5 Å². The molecule has 1 aliphatic heterocycles. The highest BCUT2D eigenvalue weighted by Crippen LogP contribution is 2.28. The summed E-state index contributed by atoms with van der Waals surface area (Å²) in [5.41, 5.74) is 6.07. The molecule has 0 aromatic carbocycles. The van der Waals surface area contributed by atoms with E-state index in [1.807, 2.05) is 0 Å². The summed E-state index contributed by atoms with van der Waals surface area (Å²) in [7, 11) is 0. The molecular formula is C13H26N2. The van der Waals surface area contributed by atoms with Crippen LogP contribution in [-0.2, 0) is 0 Å². The van der Waals surface area contributed by atoms with Gasteiger partial charge in [0, 0.05) is 18.6 Å². The van der Waals surface area contributed by atoms with E-state index < -0.39 is 0 Å². The van der Waals surface area contributed by atoms with Crippen LogP contribution in [0.25, 0.3) is 0 Å². The molecule has 1 saturated carbocycles. The normalized spacial score (nSPS) is 40.0. The van der Waals surface area contributed by atoms with Crippen molar-refractivity contribution in [3.8, 4) is 0 Å². The van der Waals surface area contributed by atoms with Gasteiger partial charge in [0.2, 0.25) is 0 Å². The zero-order valence-electron chi connectivity index (χ0n) is 10.1. The average molecular weight is 210 g/mol. The Hall–Kier alpha value is -0.0800. The Morgan fingerprint density at radius 1 is 1.00 bits per heavy atom. The maximum atomic E-state index is 6.07. The quantitative estimate of drug-likeness (QED) is 0.673. The van der Waals surface area contributed by atoms with Gasteiger partial charge in [-0.25, -0.2) is 0 Å². The molecule has 0 radical (unpaired) electrons. The number of nitrogens with zero attached hydrogens (tertiary/aromatic N) is 1. The van der Waals surface area contributed by atoms with Crippen LogP contribution in [0.1, 0.15) is 51.9 Å². The molecule has 1 heterocycles. The summed E-state index contributed by atoms with van der Waals surface area (Å²) in [6.45, 7) is 4.88. The van der Waals surface area contributed by atoms with Crippen LogP contribution in [0.4, 0.5) is 0 Å². The monoisotopic (exact) mass is 210 g/mol. The van der Waals surface area contributed by atoms with Gasteiger partial charge in [0.05, 0.1) is 0 Å². The molecule has 0 aromatic rings. The third-order valence-electron chi connectivity index (χ3n) is 4.27. The van der Waals surface area contributed by atoms with Crippen molar-refractivity contribution in [2.75, 3.05) is 13.1 Å². The third-order valence-corrected chi connectivity index (χ3v) is 4.27. The molecule has 2 rings (SSSR count). The summed E-state index contributed by atoms with van der Waals surface area (Å²) in [5.74, 6) is 0.887. The minimum Gasteiger partial charge on any atom is -0.327 e. The van der Waals surface area contributed by atoms with Crippen molar-refractivity contribution in [2.24, 2.45) is 11.7 Å². The lowest BCUT2D eigenvalue weighted by molar-refractivity contribution is 0.106. The molecule has 0 aromatic heterocycles. The largest absolute Gasteiger partial charge is 0.327 e. The first-order chi connectivity index (χ1) is 7.27. The van der Waals surface area contributed by atoms with Crippen LogP contribution in [0.5, 0.6) is 0 Å². The fraction of sp³-hybridized carbons (Fsp3) is 1.00. The standard InChI is InChI=1S/C13H26N2/c1-11-6-3-2-4-8-13(11)15-9-5-7-12(14)10-15/h11-13H,2-10,14H2,1H3. The van der Waals surface area contributed by atoms with E-state index in [4.69, 9.17) is 5.73 Å². The van der Waals surface area contributed by atoms with Crippen molar-refractivity contribution in [3.05, 3.63) is 0 Å². The van der Waals surface area contributed by atoms with Crippen LogP contribution in [0.15, 0.2) is 0 Å². The highest BCUT2D eigenvalue weighted by Gasteiger charge is 2.28. The van der Waals surface area contributed by atoms with Crippen LogP contribution < -0.4 is 5.73 Å². The summed E-state index contributed by atoms with van der Waals surface area (Å²) in [6.07, 6.45) is 9.70. The number of likely N-dealkylation sites (tertiary alicyclic amines) is 1. The van der Waals surface area contributed by atoms with E-state index in [1.54, 1.807) is 0 Å². The first-order valence-electron chi connectivity index (χ1n) is 6.77. The summed E-state index contributed by atoms with van der Waals surface area (Å²) >= 11 is 0. The lowest BCUT2D eigenvalue weighted by Crippen LogP contribution is -2.49. The van der Waals surface area contributed by atoms with Crippen LogP contribution in [-0.4, -0.2) is 30.1 Å². The van der Waals surface area contributed by atoms with Gasteiger partial charge in [0.25, 0.3) is 0 Å². The van der Waals surface area contributed by atoms with E-state index in [2.05, 4.69) is 11.8 Å². The molecule has 2 heteroatoms. The first kappa shape index (κ1) is 11.4. The van der Waals surface area contributed by atoms with Crippen LogP contribution in [0.2, 0.25) is 0 Å². The maximum Gasteiger partial charge on any atom is 0.0168 e. The zero-order valence-corrected chi connectivity index (χ0v) is 10.1. The van der Waals surface area contributed by atoms with Crippen LogP contribution >= 0.6 is 0 Å². The van der Waals surface area contributed by atoms with Gasteiger partial charge in [-0.1, -0.05) is 26.2 Å². The number of nitrogens with two attached hydrogens (primary N) is 1. The van der Waals surface area contributed by atoms with Gasteiger partial charge < -0.3 is 5.73 Å². The lowest BCUT2D eigenvalue weighted by atomic mass is 9.93. The second kappa shape index (κ2) is 5.31. The third kappa shape index (κ3) is 2.94. The van der Waals surface area contributed by atoms with E-state index >= 15 is 0 Å². The average Bonchev–Trinajstić information content (AvgIpc) is 2.43. The SMILES string of the molecule is CC1CCCCCC1N1CCCC(N)C1. The molecule has 88 valence electrons. The molecule has 2 aliphatic rings. The molecule has 1 aliphatic carbocycles. The van der Waals surface area contributed by atoms with Gasteiger partial charge in [-0.15, -0.1) is 0 Å². The Balaban J connectivity index is 1.94. The molecule has 0 spiro atoms. The second-order valence-electron chi connectivity index (χ2n) is 5.58. The van der Waals surface area contributed by atoms with Crippen molar-refractivity contribution < 1.29 is 0 Å². The van der Waals surface area contributed by atoms with E-state index in [0.717, 1.165) is 18.5 Å². The molecule has 3 unspecified atom stereocenters. The Bertz CT molecular complexity index is 193. The molecule has 3 atom stereocenters. The van der Waals surface area contributed by atoms with Crippen molar-refractivity contribution in [1.82, 2.24) is 4.90 Å². The molecular weight excluding hydrogens is 184 g/mol. The molecule has 15 heavy (non-hydrogen) atoms. The first-order valence-corrected chi connectivity index (χ1v) is 6.77. The molecule has 2 nitrogen and oxygen atoms in total. The van der Waals surface area contributed by atoms with Crippen molar-refractivity contribution in [1.29, 1.82) is 0 Å². The predicted octanol–water partition coefficient (Wildman–Crippen LogP) is 2.38. The molecule has 1 saturated heterocycles. The summed E-state index contributed by atoms with van der Waals surface area (Å²) < 4.78 is 0. The van der Waals surface area contributed by atoms with Gasteiger partial charge >= 0.3 is 0 Å². The topological polar surface area (TPSA) is 29.3 Å². The molecule has 2 fully saturated rings. The minimum atomic E-state index is 0.439. The lowest BCUT2D eigenvalue weighted by Gasteiger charge is -2.39. The molecule has 2 N–H and O–H groups in total. The zero-order chi connectivity index (χ0) is 10.7. The van der Waals surface area contributed by atoms with E-state index in [9.17, 15) is 0 Å². The fourth-order valence-corrected chi connectivity index (χ4v) is 3.36. The summed E-state index contributed by atoms with van der Waals surface area (Å²) in [5, 5.41) is 0. The predicted molar refractivity (Wildman–Crippen MR) is 64.8 cm³/mol.